The summed E-state index contributed by atoms with van der Waals surface area (Å²) in [6, 6.07) is 25.5. The molecule has 0 N–H and O–H groups in total. The van der Waals surface area contributed by atoms with Crippen LogP contribution in [0.3, 0.4) is 0 Å². The first-order chi connectivity index (χ1) is 18.6. The van der Waals surface area contributed by atoms with E-state index in [0.717, 1.165) is 16.5 Å². The van der Waals surface area contributed by atoms with Crippen molar-refractivity contribution < 1.29 is 23.7 Å². The molecule has 0 saturated carbocycles. The van der Waals surface area contributed by atoms with Crippen LogP contribution < -0.4 is 23.8 Å². The highest BCUT2D eigenvalue weighted by atomic mass is 32.2. The molecule has 38 heavy (non-hydrogen) atoms. The number of ether oxygens (including phenoxy) is 4. The molecule has 0 aliphatic carbocycles. The second kappa shape index (κ2) is 10.4. The third kappa shape index (κ3) is 4.68. The smallest absolute Gasteiger partial charge is 0.270 e. The number of amides is 1. The quantitative estimate of drug-likeness (QED) is 0.185. The number of benzene rings is 4. The van der Waals surface area contributed by atoms with E-state index in [0.29, 0.717) is 51.1 Å². The summed E-state index contributed by atoms with van der Waals surface area (Å²) < 4.78 is 23.4. The lowest BCUT2D eigenvalue weighted by molar-refractivity contribution is -0.113. The van der Waals surface area contributed by atoms with E-state index in [4.69, 9.17) is 31.2 Å². The number of carbonyl (C=O) groups is 1. The number of hydrogen-bond donors (Lipinski definition) is 0. The molecular formula is C30H23NO5S2. The molecule has 4 aromatic carbocycles. The molecule has 0 spiro atoms. The summed E-state index contributed by atoms with van der Waals surface area (Å²) in [7, 11) is 0. The summed E-state index contributed by atoms with van der Waals surface area (Å²) in [4.78, 5) is 15.3. The van der Waals surface area contributed by atoms with E-state index < -0.39 is 0 Å². The fourth-order valence-electron chi connectivity index (χ4n) is 4.44. The molecule has 6 nitrogen and oxygen atoms in total. The van der Waals surface area contributed by atoms with Gasteiger partial charge in [0.25, 0.3) is 5.91 Å². The Labute approximate surface area is 229 Å². The van der Waals surface area contributed by atoms with Crippen LogP contribution >= 0.6 is 24.0 Å². The minimum Gasteiger partial charge on any atom is -0.490 e. The lowest BCUT2D eigenvalue weighted by Gasteiger charge is -2.15. The molecule has 0 atom stereocenters. The van der Waals surface area contributed by atoms with Crippen LogP contribution in [0.2, 0.25) is 0 Å². The number of thioether (sulfide) groups is 1. The van der Waals surface area contributed by atoms with Gasteiger partial charge in [-0.3, -0.25) is 9.69 Å². The maximum atomic E-state index is 13.3. The molecule has 190 valence electrons. The Balaban J connectivity index is 1.23. The fourth-order valence-corrected chi connectivity index (χ4v) is 5.74. The fraction of sp³-hybridized carbons (Fsp3) is 0.133. The van der Waals surface area contributed by atoms with E-state index in [1.54, 1.807) is 18.2 Å². The Morgan fingerprint density at radius 2 is 1.79 bits per heavy atom. The van der Waals surface area contributed by atoms with Gasteiger partial charge in [0.05, 0.1) is 17.2 Å². The maximum Gasteiger partial charge on any atom is 0.270 e. The minimum atomic E-state index is -0.187. The molecular weight excluding hydrogens is 518 g/mol. The molecule has 0 bridgehead atoms. The number of nitrogens with zero attached hydrogens (tertiary/aromatic N) is 1. The van der Waals surface area contributed by atoms with Gasteiger partial charge in [-0.05, 0) is 59.2 Å². The Morgan fingerprint density at radius 3 is 2.68 bits per heavy atom. The van der Waals surface area contributed by atoms with Crippen LogP contribution in [0.1, 0.15) is 18.1 Å². The first-order valence-corrected chi connectivity index (χ1v) is 13.4. The standard InChI is InChI=1S/C30H23NO5S2/c1-2-33-26-14-19(10-12-24(26)34-17-21-8-5-7-20-6-3-4-9-23(20)21)15-28-29(32)31(30(37)38-28)22-11-13-25-27(16-22)36-18-35-25/h3-16H,2,17-18H2,1H3/b28-15+. The number of carbonyl (C=O) groups excluding carboxylic acids is 1. The second-order valence-corrected chi connectivity index (χ2v) is 10.3. The highest BCUT2D eigenvalue weighted by Gasteiger charge is 2.34. The van der Waals surface area contributed by atoms with Crippen molar-refractivity contribution in [3.05, 3.63) is 94.9 Å². The number of rotatable bonds is 7. The second-order valence-electron chi connectivity index (χ2n) is 8.62. The molecule has 1 amide bonds. The molecule has 2 heterocycles. The molecule has 4 aromatic rings. The van der Waals surface area contributed by atoms with E-state index in [2.05, 4.69) is 24.3 Å². The molecule has 2 aliphatic heterocycles. The lowest BCUT2D eigenvalue weighted by atomic mass is 10.1. The van der Waals surface area contributed by atoms with E-state index in [9.17, 15) is 4.79 Å². The predicted octanol–water partition coefficient (Wildman–Crippen LogP) is 6.95. The van der Waals surface area contributed by atoms with Gasteiger partial charge >= 0.3 is 0 Å². The average molecular weight is 542 g/mol. The van der Waals surface area contributed by atoms with Gasteiger partial charge in [0.2, 0.25) is 6.79 Å². The summed E-state index contributed by atoms with van der Waals surface area (Å²) in [5.41, 5.74) is 2.56. The lowest BCUT2D eigenvalue weighted by Crippen LogP contribution is -2.27. The third-order valence-electron chi connectivity index (χ3n) is 6.24. The largest absolute Gasteiger partial charge is 0.490 e. The van der Waals surface area contributed by atoms with Crippen molar-refractivity contribution in [2.45, 2.75) is 13.5 Å². The highest BCUT2D eigenvalue weighted by Crippen LogP contribution is 2.41. The van der Waals surface area contributed by atoms with Crippen LogP contribution in [0.25, 0.3) is 16.8 Å². The van der Waals surface area contributed by atoms with E-state index in [1.807, 2.05) is 49.4 Å². The third-order valence-corrected chi connectivity index (χ3v) is 7.54. The first kappa shape index (κ1) is 24.3. The van der Waals surface area contributed by atoms with Crippen LogP contribution in [0.4, 0.5) is 5.69 Å². The molecule has 1 saturated heterocycles. The van der Waals surface area contributed by atoms with Crippen molar-refractivity contribution in [3.8, 4) is 23.0 Å². The average Bonchev–Trinajstić information content (AvgIpc) is 3.51. The molecule has 0 radical (unpaired) electrons. The first-order valence-electron chi connectivity index (χ1n) is 12.1. The van der Waals surface area contributed by atoms with Gasteiger partial charge in [-0.15, -0.1) is 0 Å². The number of fused-ring (bicyclic) bond motifs is 2. The maximum absolute atomic E-state index is 13.3. The molecule has 2 aliphatic rings. The van der Waals surface area contributed by atoms with Gasteiger partial charge in [0, 0.05) is 6.07 Å². The van der Waals surface area contributed by atoms with Crippen LogP contribution in [0.5, 0.6) is 23.0 Å². The summed E-state index contributed by atoms with van der Waals surface area (Å²) in [6.45, 7) is 2.99. The highest BCUT2D eigenvalue weighted by molar-refractivity contribution is 8.27. The summed E-state index contributed by atoms with van der Waals surface area (Å²) in [5.74, 6) is 2.33. The van der Waals surface area contributed by atoms with E-state index in [-0.39, 0.29) is 12.7 Å². The zero-order valence-electron chi connectivity index (χ0n) is 20.5. The van der Waals surface area contributed by atoms with Crippen molar-refractivity contribution in [2.24, 2.45) is 0 Å². The van der Waals surface area contributed by atoms with Crippen LogP contribution in [0.15, 0.2) is 83.8 Å². The Bertz CT molecular complexity index is 1590. The van der Waals surface area contributed by atoms with Crippen molar-refractivity contribution >= 4 is 56.7 Å². The van der Waals surface area contributed by atoms with Crippen LogP contribution in [0, 0.1) is 0 Å². The number of anilines is 1. The molecule has 8 heteroatoms. The van der Waals surface area contributed by atoms with Gasteiger partial charge in [-0.1, -0.05) is 72.5 Å². The molecule has 0 unspecified atom stereocenters. The Hall–Kier alpha value is -4.01. The van der Waals surface area contributed by atoms with Gasteiger partial charge in [-0.2, -0.15) is 0 Å². The van der Waals surface area contributed by atoms with Crippen LogP contribution in [-0.4, -0.2) is 23.6 Å². The van der Waals surface area contributed by atoms with Gasteiger partial charge in [-0.25, -0.2) is 0 Å². The van der Waals surface area contributed by atoms with E-state index in [1.165, 1.54) is 22.0 Å². The van der Waals surface area contributed by atoms with Gasteiger partial charge in [0.1, 0.15) is 6.61 Å². The zero-order valence-corrected chi connectivity index (χ0v) is 22.1. The van der Waals surface area contributed by atoms with E-state index >= 15 is 0 Å². The number of thiocarbonyl (C=S) groups is 1. The van der Waals surface area contributed by atoms with Gasteiger partial charge < -0.3 is 18.9 Å². The van der Waals surface area contributed by atoms with Crippen molar-refractivity contribution in [3.63, 3.8) is 0 Å². The topological polar surface area (TPSA) is 57.2 Å². The summed E-state index contributed by atoms with van der Waals surface area (Å²) in [5, 5.41) is 2.33. The van der Waals surface area contributed by atoms with Crippen molar-refractivity contribution in [1.29, 1.82) is 0 Å². The number of hydrogen-bond acceptors (Lipinski definition) is 7. The predicted molar refractivity (Wildman–Crippen MR) is 154 cm³/mol. The van der Waals surface area contributed by atoms with Crippen LogP contribution in [-0.2, 0) is 11.4 Å². The summed E-state index contributed by atoms with van der Waals surface area (Å²) >= 11 is 6.80. The summed E-state index contributed by atoms with van der Waals surface area (Å²) in [6.07, 6.45) is 1.82. The minimum absolute atomic E-state index is 0.168. The Morgan fingerprint density at radius 1 is 0.947 bits per heavy atom. The molecule has 6 rings (SSSR count). The molecule has 1 fully saturated rings. The SMILES string of the molecule is CCOc1cc(/C=C2/SC(=S)N(c3ccc4c(c3)OCO4)C2=O)ccc1OCc1cccc2ccccc12. The molecule has 0 aromatic heterocycles. The normalized spacial score (nSPS) is 15.5. The van der Waals surface area contributed by atoms with Gasteiger partial charge in [0.15, 0.2) is 27.3 Å². The monoisotopic (exact) mass is 541 g/mol. The van der Waals surface area contributed by atoms with Crippen molar-refractivity contribution in [2.75, 3.05) is 18.3 Å². The van der Waals surface area contributed by atoms with Crippen molar-refractivity contribution in [1.82, 2.24) is 0 Å². The zero-order chi connectivity index (χ0) is 26.1. The Kier molecular flexibility index (Phi) is 6.66.